The zero-order valence-corrected chi connectivity index (χ0v) is 10.5. The second-order valence-corrected chi connectivity index (χ2v) is 4.80. The Bertz CT molecular complexity index is 446. The van der Waals surface area contributed by atoms with E-state index in [-0.39, 0.29) is 9.88 Å². The number of hydrogen-bond donors (Lipinski definition) is 1. The number of ether oxygens (including phenoxy) is 1. The van der Waals surface area contributed by atoms with Crippen molar-refractivity contribution in [3.8, 4) is 0 Å². The summed E-state index contributed by atoms with van der Waals surface area (Å²) in [5.74, 6) is -4.36. The predicted octanol–water partition coefficient (Wildman–Crippen LogP) is 3.04. The fourth-order valence-electron chi connectivity index (χ4n) is 1.16. The average molecular weight is 326 g/mol. The van der Waals surface area contributed by atoms with E-state index in [0.29, 0.717) is 11.3 Å². The summed E-state index contributed by atoms with van der Waals surface area (Å²) < 4.78 is 90.4. The summed E-state index contributed by atoms with van der Waals surface area (Å²) in [4.78, 5) is 2.89. The summed E-state index contributed by atoms with van der Waals surface area (Å²) in [5.41, 5.74) is 3.89. The molecule has 0 fully saturated rings. The highest BCUT2D eigenvalue weighted by molar-refractivity contribution is 7.11. The highest BCUT2D eigenvalue weighted by Gasteiger charge is 2.41. The van der Waals surface area contributed by atoms with Gasteiger partial charge in [0.05, 0.1) is 11.5 Å². The molecule has 0 amide bonds. The number of nitrogens with two attached hydrogens (primary N) is 1. The molecule has 0 radical (unpaired) electrons. The standard InChI is InChI=1S/C9H9F7N2OS/c10-7(11)8(12,13)3-19-2-5-18-6(9(14,15)16)4(1-17)20-5/h7H,1-3,17H2. The number of aromatic nitrogens is 1. The van der Waals surface area contributed by atoms with Crippen LogP contribution < -0.4 is 5.73 Å². The molecule has 1 aromatic heterocycles. The fourth-order valence-corrected chi connectivity index (χ4v) is 2.06. The second-order valence-electron chi connectivity index (χ2n) is 3.64. The smallest absolute Gasteiger partial charge is 0.368 e. The number of rotatable bonds is 6. The van der Waals surface area contributed by atoms with Crippen LogP contribution in [0.4, 0.5) is 30.7 Å². The Morgan fingerprint density at radius 3 is 2.20 bits per heavy atom. The van der Waals surface area contributed by atoms with E-state index in [0.717, 1.165) is 0 Å². The van der Waals surface area contributed by atoms with E-state index in [4.69, 9.17) is 5.73 Å². The molecule has 0 aromatic carbocycles. The number of thiazole rings is 1. The van der Waals surface area contributed by atoms with Crippen LogP contribution >= 0.6 is 11.3 Å². The fraction of sp³-hybridized carbons (Fsp3) is 0.667. The topological polar surface area (TPSA) is 48.1 Å². The maximum absolute atomic E-state index is 12.5. The van der Waals surface area contributed by atoms with Crippen LogP contribution in [0.2, 0.25) is 0 Å². The quantitative estimate of drug-likeness (QED) is 0.818. The van der Waals surface area contributed by atoms with E-state index in [2.05, 4.69) is 9.72 Å². The maximum atomic E-state index is 12.5. The van der Waals surface area contributed by atoms with Crippen molar-refractivity contribution in [1.29, 1.82) is 0 Å². The van der Waals surface area contributed by atoms with Crippen molar-refractivity contribution < 1.29 is 35.5 Å². The number of alkyl halides is 7. The van der Waals surface area contributed by atoms with Gasteiger partial charge < -0.3 is 10.5 Å². The van der Waals surface area contributed by atoms with Crippen molar-refractivity contribution in [1.82, 2.24) is 4.98 Å². The van der Waals surface area contributed by atoms with Crippen molar-refractivity contribution in [3.63, 3.8) is 0 Å². The van der Waals surface area contributed by atoms with E-state index < -0.39 is 44.0 Å². The third kappa shape index (κ3) is 4.28. The van der Waals surface area contributed by atoms with Gasteiger partial charge >= 0.3 is 18.5 Å². The van der Waals surface area contributed by atoms with Crippen molar-refractivity contribution >= 4 is 11.3 Å². The van der Waals surface area contributed by atoms with Gasteiger partial charge in [-0.1, -0.05) is 0 Å². The van der Waals surface area contributed by atoms with Gasteiger partial charge in [0.2, 0.25) is 0 Å². The minimum atomic E-state index is -4.73. The van der Waals surface area contributed by atoms with Gasteiger partial charge in [-0.25, -0.2) is 13.8 Å². The Balaban J connectivity index is 2.69. The molecule has 1 aromatic rings. The molecule has 0 saturated heterocycles. The van der Waals surface area contributed by atoms with Crippen molar-refractivity contribution in [2.24, 2.45) is 5.73 Å². The minimum absolute atomic E-state index is 0.261. The summed E-state index contributed by atoms with van der Waals surface area (Å²) in [6.07, 6.45) is -8.64. The van der Waals surface area contributed by atoms with Crippen molar-refractivity contribution in [3.05, 3.63) is 15.6 Å². The first-order valence-corrected chi connectivity index (χ1v) is 5.89. The molecule has 0 spiro atoms. The molecule has 0 saturated carbocycles. The van der Waals surface area contributed by atoms with E-state index >= 15 is 0 Å². The molecule has 3 nitrogen and oxygen atoms in total. The molecule has 11 heteroatoms. The molecular weight excluding hydrogens is 317 g/mol. The lowest BCUT2D eigenvalue weighted by Gasteiger charge is -2.14. The highest BCUT2D eigenvalue weighted by Crippen LogP contribution is 2.34. The molecule has 116 valence electrons. The van der Waals surface area contributed by atoms with Crippen LogP contribution in [0.3, 0.4) is 0 Å². The Hall–Kier alpha value is -0.940. The Morgan fingerprint density at radius 2 is 1.80 bits per heavy atom. The second kappa shape index (κ2) is 6.22. The van der Waals surface area contributed by atoms with Crippen LogP contribution in [0, 0.1) is 0 Å². The van der Waals surface area contributed by atoms with Gasteiger partial charge in [0.25, 0.3) is 0 Å². The van der Waals surface area contributed by atoms with Crippen LogP contribution in [-0.2, 0) is 24.1 Å². The molecule has 0 aliphatic rings. The lowest BCUT2D eigenvalue weighted by atomic mass is 10.3. The van der Waals surface area contributed by atoms with Gasteiger partial charge in [0, 0.05) is 6.54 Å². The lowest BCUT2D eigenvalue weighted by molar-refractivity contribution is -0.168. The number of halogens is 7. The largest absolute Gasteiger partial charge is 0.434 e. The van der Waals surface area contributed by atoms with Gasteiger partial charge in [-0.2, -0.15) is 22.0 Å². The summed E-state index contributed by atoms with van der Waals surface area (Å²) in [6.45, 7) is -2.76. The van der Waals surface area contributed by atoms with Crippen LogP contribution in [0.5, 0.6) is 0 Å². The Kier molecular flexibility index (Phi) is 5.33. The third-order valence-corrected chi connectivity index (χ3v) is 3.09. The summed E-state index contributed by atoms with van der Waals surface area (Å²) >= 11 is 0.532. The maximum Gasteiger partial charge on any atom is 0.434 e. The third-order valence-electron chi connectivity index (χ3n) is 2.03. The Labute approximate surface area is 112 Å². The molecule has 20 heavy (non-hydrogen) atoms. The molecular formula is C9H9F7N2OS. The summed E-state index contributed by atoms with van der Waals surface area (Å²) in [6, 6.07) is 0. The van der Waals surface area contributed by atoms with Crippen LogP contribution in [0.1, 0.15) is 15.6 Å². The molecule has 0 bridgehead atoms. The van der Waals surface area contributed by atoms with Crippen LogP contribution in [0.15, 0.2) is 0 Å². The molecule has 0 aliphatic heterocycles. The zero-order valence-electron chi connectivity index (χ0n) is 9.69. The first-order chi connectivity index (χ1) is 9.08. The normalized spacial score (nSPS) is 13.2. The number of nitrogens with zero attached hydrogens (tertiary/aromatic N) is 1. The van der Waals surface area contributed by atoms with Crippen LogP contribution in [0.25, 0.3) is 0 Å². The van der Waals surface area contributed by atoms with Gasteiger partial charge in [0.15, 0.2) is 5.69 Å². The van der Waals surface area contributed by atoms with Gasteiger partial charge in [-0.15, -0.1) is 11.3 Å². The molecule has 0 unspecified atom stereocenters. The van der Waals surface area contributed by atoms with E-state index in [1.165, 1.54) is 0 Å². The summed E-state index contributed by atoms with van der Waals surface area (Å²) in [7, 11) is 0. The molecule has 1 heterocycles. The lowest BCUT2D eigenvalue weighted by Crippen LogP contribution is -2.32. The van der Waals surface area contributed by atoms with E-state index in [1.807, 2.05) is 0 Å². The molecule has 2 N–H and O–H groups in total. The molecule has 0 aliphatic carbocycles. The summed E-state index contributed by atoms with van der Waals surface area (Å²) in [5, 5.41) is -0.261. The SMILES string of the molecule is NCc1sc(COCC(F)(F)C(F)F)nc1C(F)(F)F. The van der Waals surface area contributed by atoms with E-state index in [1.54, 1.807) is 0 Å². The van der Waals surface area contributed by atoms with Crippen LogP contribution in [-0.4, -0.2) is 23.9 Å². The van der Waals surface area contributed by atoms with Gasteiger partial charge in [-0.3, -0.25) is 0 Å². The van der Waals surface area contributed by atoms with E-state index in [9.17, 15) is 30.7 Å². The first kappa shape index (κ1) is 17.1. The zero-order chi connectivity index (χ0) is 15.6. The highest BCUT2D eigenvalue weighted by atomic mass is 32.1. The average Bonchev–Trinajstić information content (AvgIpc) is 2.71. The van der Waals surface area contributed by atoms with Gasteiger partial charge in [-0.05, 0) is 0 Å². The number of hydrogen-bond acceptors (Lipinski definition) is 4. The molecule has 1 rings (SSSR count). The first-order valence-electron chi connectivity index (χ1n) is 5.07. The minimum Gasteiger partial charge on any atom is -0.368 e. The van der Waals surface area contributed by atoms with Crippen molar-refractivity contribution in [2.45, 2.75) is 31.7 Å². The van der Waals surface area contributed by atoms with Crippen molar-refractivity contribution in [2.75, 3.05) is 6.61 Å². The Morgan fingerprint density at radius 1 is 1.20 bits per heavy atom. The monoisotopic (exact) mass is 326 g/mol. The van der Waals surface area contributed by atoms with Gasteiger partial charge in [0.1, 0.15) is 11.6 Å². The molecule has 0 atom stereocenters. The predicted molar refractivity (Wildman–Crippen MR) is 55.6 cm³/mol.